The molecule has 1 atom stereocenters. The molecule has 146 valence electrons. The highest BCUT2D eigenvalue weighted by Crippen LogP contribution is 2.18. The van der Waals surface area contributed by atoms with E-state index >= 15 is 0 Å². The first-order valence-electron chi connectivity index (χ1n) is 8.46. The van der Waals surface area contributed by atoms with Crippen LogP contribution in [0.1, 0.15) is 39.2 Å². The number of nitrogens with one attached hydrogen (secondary N) is 2. The second kappa shape index (κ2) is 12.9. The molecule has 9 heteroatoms. The third-order valence-electron chi connectivity index (χ3n) is 3.73. The van der Waals surface area contributed by atoms with Gasteiger partial charge < -0.3 is 10.6 Å². The van der Waals surface area contributed by atoms with Gasteiger partial charge in [0.15, 0.2) is 5.96 Å². The molecule has 1 unspecified atom stereocenters. The summed E-state index contributed by atoms with van der Waals surface area (Å²) in [4.78, 5) is 4.56. The smallest absolute Gasteiger partial charge is 0.215 e. The fourth-order valence-corrected chi connectivity index (χ4v) is 4.46. The standard InChI is InChI=1S/C16H30N4O2S2.HI/c1-5-17-16(19-12-14(4)15-8-10-23-13-15)18-9-11-24(21,22)20(6-2)7-3;/h8,10,13-14H,5-7,9,11-12H2,1-4H3,(H2,17,18,19);1H. The number of hydrogen-bond donors (Lipinski definition) is 2. The zero-order valence-corrected chi connectivity index (χ0v) is 19.5. The lowest BCUT2D eigenvalue weighted by Crippen LogP contribution is -2.42. The van der Waals surface area contributed by atoms with E-state index in [2.05, 4.69) is 39.4 Å². The van der Waals surface area contributed by atoms with Crippen molar-refractivity contribution in [3.63, 3.8) is 0 Å². The van der Waals surface area contributed by atoms with Gasteiger partial charge in [0, 0.05) is 38.6 Å². The quantitative estimate of drug-likeness (QED) is 0.293. The Morgan fingerprint density at radius 1 is 1.28 bits per heavy atom. The predicted octanol–water partition coefficient (Wildman–Crippen LogP) is 2.70. The van der Waals surface area contributed by atoms with E-state index in [9.17, 15) is 8.42 Å². The number of guanidine groups is 1. The first-order chi connectivity index (χ1) is 11.4. The Balaban J connectivity index is 0.00000576. The van der Waals surface area contributed by atoms with Crippen molar-refractivity contribution in [2.24, 2.45) is 4.99 Å². The summed E-state index contributed by atoms with van der Waals surface area (Å²) >= 11 is 1.68. The molecule has 0 fully saturated rings. The zero-order chi connectivity index (χ0) is 18.0. The Kier molecular flexibility index (Phi) is 12.7. The van der Waals surface area contributed by atoms with E-state index in [4.69, 9.17) is 0 Å². The number of aliphatic imine (C=N–C) groups is 1. The van der Waals surface area contributed by atoms with Crippen molar-refractivity contribution in [3.05, 3.63) is 22.4 Å². The molecule has 0 aromatic carbocycles. The highest BCUT2D eigenvalue weighted by molar-refractivity contribution is 14.0. The summed E-state index contributed by atoms with van der Waals surface area (Å²) in [5.74, 6) is 1.07. The minimum absolute atomic E-state index is 0. The van der Waals surface area contributed by atoms with Crippen molar-refractivity contribution in [2.45, 2.75) is 33.6 Å². The van der Waals surface area contributed by atoms with E-state index in [0.717, 1.165) is 6.54 Å². The van der Waals surface area contributed by atoms with Gasteiger partial charge in [0.25, 0.3) is 0 Å². The molecule has 1 heterocycles. The summed E-state index contributed by atoms with van der Waals surface area (Å²) in [6.07, 6.45) is 0. The molecule has 0 radical (unpaired) electrons. The summed E-state index contributed by atoms with van der Waals surface area (Å²) in [5, 5.41) is 10.5. The van der Waals surface area contributed by atoms with Crippen LogP contribution in [0, 0.1) is 0 Å². The fourth-order valence-electron chi connectivity index (χ4n) is 2.28. The zero-order valence-electron chi connectivity index (χ0n) is 15.5. The van der Waals surface area contributed by atoms with Crippen molar-refractivity contribution < 1.29 is 8.42 Å². The van der Waals surface area contributed by atoms with E-state index in [1.807, 2.05) is 20.8 Å². The van der Waals surface area contributed by atoms with Gasteiger partial charge in [-0.3, -0.25) is 4.99 Å². The second-order valence-electron chi connectivity index (χ2n) is 5.50. The highest BCUT2D eigenvalue weighted by Gasteiger charge is 2.18. The molecule has 1 rings (SSSR count). The average molecular weight is 502 g/mol. The summed E-state index contributed by atoms with van der Waals surface area (Å²) in [6, 6.07) is 2.11. The largest absolute Gasteiger partial charge is 0.357 e. The Labute approximate surface area is 173 Å². The van der Waals surface area contributed by atoms with E-state index in [0.29, 0.717) is 38.1 Å². The van der Waals surface area contributed by atoms with Crippen LogP contribution in [0.15, 0.2) is 21.8 Å². The van der Waals surface area contributed by atoms with E-state index in [1.54, 1.807) is 11.3 Å². The number of rotatable bonds is 10. The minimum Gasteiger partial charge on any atom is -0.357 e. The molecule has 0 amide bonds. The van der Waals surface area contributed by atoms with E-state index < -0.39 is 10.0 Å². The number of hydrogen-bond acceptors (Lipinski definition) is 4. The Morgan fingerprint density at radius 3 is 2.48 bits per heavy atom. The Bertz CT molecular complexity index is 587. The van der Waals surface area contributed by atoms with Crippen LogP contribution in [0.5, 0.6) is 0 Å². The molecule has 0 aliphatic rings. The maximum atomic E-state index is 12.2. The summed E-state index contributed by atoms with van der Waals surface area (Å²) in [5.41, 5.74) is 1.28. The molecule has 6 nitrogen and oxygen atoms in total. The summed E-state index contributed by atoms with van der Waals surface area (Å²) in [7, 11) is -3.21. The molecule has 2 N–H and O–H groups in total. The monoisotopic (exact) mass is 502 g/mol. The first kappa shape index (κ1) is 24.6. The highest BCUT2D eigenvalue weighted by atomic mass is 127. The molecule has 25 heavy (non-hydrogen) atoms. The van der Waals surface area contributed by atoms with Gasteiger partial charge in [-0.05, 0) is 29.3 Å². The van der Waals surface area contributed by atoms with Crippen molar-refractivity contribution in [2.75, 3.05) is 38.5 Å². The van der Waals surface area contributed by atoms with Crippen molar-refractivity contribution in [1.82, 2.24) is 14.9 Å². The predicted molar refractivity (Wildman–Crippen MR) is 119 cm³/mol. The normalized spacial score (nSPS) is 13.4. The molecule has 1 aromatic rings. The van der Waals surface area contributed by atoms with E-state index in [1.165, 1.54) is 9.87 Å². The van der Waals surface area contributed by atoms with Crippen LogP contribution in [-0.2, 0) is 10.0 Å². The van der Waals surface area contributed by atoms with Crippen molar-refractivity contribution in [3.8, 4) is 0 Å². The lowest BCUT2D eigenvalue weighted by molar-refractivity contribution is 0.445. The third kappa shape index (κ3) is 8.69. The molecule has 0 aliphatic carbocycles. The second-order valence-corrected chi connectivity index (χ2v) is 8.37. The van der Waals surface area contributed by atoms with Crippen LogP contribution >= 0.6 is 35.3 Å². The molecule has 0 saturated heterocycles. The molecule has 0 aliphatic heterocycles. The van der Waals surface area contributed by atoms with Gasteiger partial charge in [-0.25, -0.2) is 12.7 Å². The van der Waals surface area contributed by atoms with Gasteiger partial charge in [0.2, 0.25) is 10.0 Å². The summed E-state index contributed by atoms with van der Waals surface area (Å²) < 4.78 is 25.8. The Hall–Kier alpha value is -0.390. The van der Waals surface area contributed by atoms with Crippen LogP contribution < -0.4 is 10.6 Å². The van der Waals surface area contributed by atoms with Crippen LogP contribution in [0.2, 0.25) is 0 Å². The van der Waals surface area contributed by atoms with Crippen LogP contribution in [-0.4, -0.2) is 57.2 Å². The molecule has 0 bridgehead atoms. The van der Waals surface area contributed by atoms with Gasteiger partial charge in [0.05, 0.1) is 5.75 Å². The van der Waals surface area contributed by atoms with Gasteiger partial charge in [0.1, 0.15) is 0 Å². The molecule has 0 spiro atoms. The van der Waals surface area contributed by atoms with Gasteiger partial charge in [-0.2, -0.15) is 11.3 Å². The summed E-state index contributed by atoms with van der Waals surface area (Å²) in [6.45, 7) is 10.6. The molecular formula is C16H31IN4O2S2. The van der Waals surface area contributed by atoms with Crippen LogP contribution in [0.3, 0.4) is 0 Å². The van der Waals surface area contributed by atoms with E-state index in [-0.39, 0.29) is 29.7 Å². The van der Waals surface area contributed by atoms with Crippen LogP contribution in [0.25, 0.3) is 0 Å². The van der Waals surface area contributed by atoms with Gasteiger partial charge >= 0.3 is 0 Å². The molecule has 0 saturated carbocycles. The van der Waals surface area contributed by atoms with Crippen LogP contribution in [0.4, 0.5) is 0 Å². The number of halogens is 1. The van der Waals surface area contributed by atoms with Gasteiger partial charge in [-0.15, -0.1) is 24.0 Å². The van der Waals surface area contributed by atoms with Crippen molar-refractivity contribution in [1.29, 1.82) is 0 Å². The average Bonchev–Trinajstić information content (AvgIpc) is 3.07. The van der Waals surface area contributed by atoms with Crippen molar-refractivity contribution >= 4 is 51.3 Å². The number of nitrogens with zero attached hydrogens (tertiary/aromatic N) is 2. The first-order valence-corrected chi connectivity index (χ1v) is 11.0. The maximum Gasteiger partial charge on any atom is 0.215 e. The SMILES string of the molecule is CCNC(=NCC(C)c1ccsc1)NCCS(=O)(=O)N(CC)CC.I. The topological polar surface area (TPSA) is 73.8 Å². The minimum atomic E-state index is -3.21. The maximum absolute atomic E-state index is 12.2. The fraction of sp³-hybridized carbons (Fsp3) is 0.688. The third-order valence-corrected chi connectivity index (χ3v) is 6.46. The lowest BCUT2D eigenvalue weighted by atomic mass is 10.1. The molecule has 1 aromatic heterocycles. The van der Waals surface area contributed by atoms with Gasteiger partial charge in [-0.1, -0.05) is 20.8 Å². The molecular weight excluding hydrogens is 471 g/mol. The number of thiophene rings is 1. The Morgan fingerprint density at radius 2 is 1.96 bits per heavy atom. The lowest BCUT2D eigenvalue weighted by Gasteiger charge is -2.19. The number of sulfonamides is 1.